The molecule has 19 heavy (non-hydrogen) atoms. The van der Waals surface area contributed by atoms with E-state index in [4.69, 9.17) is 11.6 Å². The highest BCUT2D eigenvalue weighted by Gasteiger charge is 2.32. The summed E-state index contributed by atoms with van der Waals surface area (Å²) in [5.74, 6) is -2.48. The van der Waals surface area contributed by atoms with E-state index in [2.05, 4.69) is 0 Å². The Morgan fingerprint density at radius 1 is 1.47 bits per heavy atom. The normalized spacial score (nSPS) is 12.0. The van der Waals surface area contributed by atoms with Crippen molar-refractivity contribution in [2.24, 2.45) is 0 Å². The molecular formula is C13H15ClFNO3. The van der Waals surface area contributed by atoms with Gasteiger partial charge >= 0.3 is 5.97 Å². The van der Waals surface area contributed by atoms with Crippen LogP contribution in [0.15, 0.2) is 18.2 Å². The topological polar surface area (TPSA) is 57.6 Å². The number of amides is 1. The van der Waals surface area contributed by atoms with Gasteiger partial charge in [0.2, 0.25) is 5.91 Å². The summed E-state index contributed by atoms with van der Waals surface area (Å²) in [5, 5.41) is 9.30. The molecule has 0 heterocycles. The minimum atomic E-state index is -1.41. The van der Waals surface area contributed by atoms with Crippen LogP contribution in [-0.4, -0.2) is 28.4 Å². The largest absolute Gasteiger partial charge is 0.479 e. The quantitative estimate of drug-likeness (QED) is 0.906. The monoisotopic (exact) mass is 287 g/mol. The van der Waals surface area contributed by atoms with Crippen molar-refractivity contribution in [3.63, 3.8) is 0 Å². The molecule has 1 amide bonds. The third kappa shape index (κ3) is 3.44. The predicted molar refractivity (Wildman–Crippen MR) is 69.5 cm³/mol. The van der Waals surface area contributed by atoms with Gasteiger partial charge in [-0.25, -0.2) is 9.18 Å². The van der Waals surface area contributed by atoms with Crippen LogP contribution in [0, 0.1) is 5.82 Å². The Hall–Kier alpha value is -1.62. The number of hydrogen-bond donors (Lipinski definition) is 1. The predicted octanol–water partition coefficient (Wildman–Crippen LogP) is 2.86. The molecule has 1 rings (SSSR count). The lowest BCUT2D eigenvalue weighted by Gasteiger charge is -2.28. The fraction of sp³-hybridized carbons (Fsp3) is 0.385. The SMILES string of the molecule is CCCN(C(C)=O)C(C(=O)O)c1c(F)cccc1Cl. The van der Waals surface area contributed by atoms with Gasteiger partial charge < -0.3 is 10.0 Å². The Morgan fingerprint density at radius 3 is 2.53 bits per heavy atom. The molecule has 0 saturated heterocycles. The average molecular weight is 288 g/mol. The summed E-state index contributed by atoms with van der Waals surface area (Å²) in [6, 6.07) is 2.51. The third-order valence-corrected chi connectivity index (χ3v) is 3.02. The Balaban J connectivity index is 3.34. The van der Waals surface area contributed by atoms with Crippen molar-refractivity contribution >= 4 is 23.5 Å². The molecule has 0 aromatic heterocycles. The van der Waals surface area contributed by atoms with Gasteiger partial charge in [0.05, 0.1) is 0 Å². The minimum Gasteiger partial charge on any atom is -0.479 e. The fourth-order valence-electron chi connectivity index (χ4n) is 1.89. The third-order valence-electron chi connectivity index (χ3n) is 2.69. The number of aliphatic carboxylic acids is 1. The number of rotatable bonds is 5. The second kappa shape index (κ2) is 6.52. The number of carbonyl (C=O) groups is 2. The van der Waals surface area contributed by atoms with Gasteiger partial charge in [0.1, 0.15) is 5.82 Å². The summed E-state index contributed by atoms with van der Waals surface area (Å²) in [6.45, 7) is 3.27. The first-order chi connectivity index (χ1) is 8.90. The summed E-state index contributed by atoms with van der Waals surface area (Å²) in [5.41, 5.74) is -0.180. The van der Waals surface area contributed by atoms with Crippen molar-refractivity contribution < 1.29 is 19.1 Å². The van der Waals surface area contributed by atoms with E-state index in [-0.39, 0.29) is 17.1 Å². The van der Waals surface area contributed by atoms with Gasteiger partial charge in [0.15, 0.2) is 6.04 Å². The second-order valence-corrected chi connectivity index (χ2v) is 4.50. The molecule has 0 aliphatic carbocycles. The van der Waals surface area contributed by atoms with Crippen molar-refractivity contribution in [2.45, 2.75) is 26.3 Å². The number of halogens is 2. The highest BCUT2D eigenvalue weighted by Crippen LogP contribution is 2.30. The smallest absolute Gasteiger partial charge is 0.331 e. The van der Waals surface area contributed by atoms with Crippen LogP contribution in [0.3, 0.4) is 0 Å². The molecule has 0 spiro atoms. The fourth-order valence-corrected chi connectivity index (χ4v) is 2.16. The van der Waals surface area contributed by atoms with E-state index in [1.54, 1.807) is 6.92 Å². The molecule has 1 N–H and O–H groups in total. The van der Waals surface area contributed by atoms with Gasteiger partial charge in [0.25, 0.3) is 0 Å². The van der Waals surface area contributed by atoms with E-state index in [9.17, 15) is 19.1 Å². The molecule has 0 aliphatic rings. The van der Waals surface area contributed by atoms with Crippen LogP contribution in [-0.2, 0) is 9.59 Å². The first kappa shape index (κ1) is 15.4. The van der Waals surface area contributed by atoms with Crippen LogP contribution < -0.4 is 0 Å². The zero-order valence-electron chi connectivity index (χ0n) is 10.7. The van der Waals surface area contributed by atoms with Crippen molar-refractivity contribution in [1.82, 2.24) is 4.90 Å². The van der Waals surface area contributed by atoms with Gasteiger partial charge in [-0.3, -0.25) is 4.79 Å². The first-order valence-corrected chi connectivity index (χ1v) is 6.21. The summed E-state index contributed by atoms with van der Waals surface area (Å²) >= 11 is 5.88. The van der Waals surface area contributed by atoms with Crippen molar-refractivity contribution in [1.29, 1.82) is 0 Å². The standard InChI is InChI=1S/C13H15ClFNO3/c1-3-7-16(8(2)17)12(13(18)19)11-9(14)5-4-6-10(11)15/h4-6,12H,3,7H2,1-2H3,(H,18,19). The van der Waals surface area contributed by atoms with E-state index in [1.807, 2.05) is 0 Å². The molecule has 0 fully saturated rings. The maximum atomic E-state index is 13.8. The highest BCUT2D eigenvalue weighted by molar-refractivity contribution is 6.31. The molecule has 0 aliphatic heterocycles. The van der Waals surface area contributed by atoms with Crippen molar-refractivity contribution in [3.8, 4) is 0 Å². The van der Waals surface area contributed by atoms with Gasteiger partial charge in [0, 0.05) is 24.1 Å². The van der Waals surface area contributed by atoms with Gasteiger partial charge in [-0.15, -0.1) is 0 Å². The molecule has 0 saturated carbocycles. The molecule has 0 radical (unpaired) electrons. The molecule has 4 nitrogen and oxygen atoms in total. The van der Waals surface area contributed by atoms with Gasteiger partial charge in [-0.1, -0.05) is 24.6 Å². The maximum Gasteiger partial charge on any atom is 0.331 e. The molecular weight excluding hydrogens is 273 g/mol. The lowest BCUT2D eigenvalue weighted by Crippen LogP contribution is -2.38. The lowest BCUT2D eigenvalue weighted by molar-refractivity contribution is -0.150. The number of carbonyl (C=O) groups excluding carboxylic acids is 1. The zero-order valence-corrected chi connectivity index (χ0v) is 11.4. The van der Waals surface area contributed by atoms with Crippen molar-refractivity contribution in [2.75, 3.05) is 6.54 Å². The molecule has 1 aromatic rings. The van der Waals surface area contributed by atoms with E-state index in [1.165, 1.54) is 19.1 Å². The van der Waals surface area contributed by atoms with Crippen LogP contribution in [0.5, 0.6) is 0 Å². The van der Waals surface area contributed by atoms with Gasteiger partial charge in [-0.05, 0) is 18.6 Å². The Kier molecular flexibility index (Phi) is 5.30. The summed E-state index contributed by atoms with van der Waals surface area (Å²) < 4.78 is 13.8. The summed E-state index contributed by atoms with van der Waals surface area (Å²) in [6.07, 6.45) is 0.565. The molecule has 104 valence electrons. The summed E-state index contributed by atoms with van der Waals surface area (Å²) in [7, 11) is 0. The van der Waals surface area contributed by atoms with Crippen LogP contribution in [0.25, 0.3) is 0 Å². The number of hydrogen-bond acceptors (Lipinski definition) is 2. The van der Waals surface area contributed by atoms with E-state index in [0.29, 0.717) is 6.42 Å². The highest BCUT2D eigenvalue weighted by atomic mass is 35.5. The van der Waals surface area contributed by atoms with Crippen LogP contribution in [0.1, 0.15) is 31.9 Å². The van der Waals surface area contributed by atoms with Gasteiger partial charge in [-0.2, -0.15) is 0 Å². The van der Waals surface area contributed by atoms with Crippen LogP contribution in [0.2, 0.25) is 5.02 Å². The second-order valence-electron chi connectivity index (χ2n) is 4.09. The molecule has 6 heteroatoms. The molecule has 0 bridgehead atoms. The Bertz CT molecular complexity index is 473. The van der Waals surface area contributed by atoms with Crippen molar-refractivity contribution in [3.05, 3.63) is 34.6 Å². The Labute approximate surface area is 115 Å². The Morgan fingerprint density at radius 2 is 2.11 bits per heavy atom. The summed E-state index contributed by atoms with van der Waals surface area (Å²) in [4.78, 5) is 24.1. The average Bonchev–Trinajstić information content (AvgIpc) is 2.31. The first-order valence-electron chi connectivity index (χ1n) is 5.84. The van der Waals surface area contributed by atoms with Crippen LogP contribution >= 0.6 is 11.6 Å². The van der Waals surface area contributed by atoms with Crippen LogP contribution in [0.4, 0.5) is 4.39 Å². The number of nitrogens with zero attached hydrogens (tertiary/aromatic N) is 1. The molecule has 1 unspecified atom stereocenters. The van der Waals surface area contributed by atoms with E-state index < -0.39 is 23.7 Å². The lowest BCUT2D eigenvalue weighted by atomic mass is 10.0. The number of benzene rings is 1. The number of carboxylic acid groups (broad SMARTS) is 1. The molecule has 1 atom stereocenters. The van der Waals surface area contributed by atoms with E-state index in [0.717, 1.165) is 11.0 Å². The molecule has 1 aromatic carbocycles. The number of carboxylic acids is 1. The zero-order chi connectivity index (χ0) is 14.6. The van der Waals surface area contributed by atoms with E-state index >= 15 is 0 Å². The maximum absolute atomic E-state index is 13.8. The minimum absolute atomic E-state index is 0.00486.